The number of fused-ring (bicyclic) bond motifs is 3. The number of ether oxygens (including phenoxy) is 1. The van der Waals surface area contributed by atoms with Crippen LogP contribution < -0.4 is 9.80 Å². The van der Waals surface area contributed by atoms with E-state index in [1.165, 1.54) is 12.8 Å². The molecule has 2 atom stereocenters. The molecule has 5 heterocycles. The fourth-order valence-corrected chi connectivity index (χ4v) is 7.40. The fourth-order valence-electron chi connectivity index (χ4n) is 6.87. The smallest absolute Gasteiger partial charge is 0.417 e. The number of alkyl halides is 3. The molecule has 222 valence electrons. The molecule has 8 nitrogen and oxygen atoms in total. The van der Waals surface area contributed by atoms with E-state index in [9.17, 15) is 18.0 Å². The SMILES string of the molecule is CC(C)(C)OC(=O)N1C2CCC1CN(c1nc(N3CC(N4CC5(CC5)C4)C3)nc3c(F)c(Br)c(C(F)(F)F)cc13)C2. The van der Waals surface area contributed by atoms with Crippen molar-refractivity contribution in [2.75, 3.05) is 49.1 Å². The molecule has 1 saturated carbocycles. The first-order valence-electron chi connectivity index (χ1n) is 14.2. The standard InChI is InChI=1S/C28H33BrF4N6O2/c1-26(2,3)41-25(40)39-15-4-5-16(39)10-36(9-15)23-18-8-19(28(31,32)33)20(29)21(30)22(18)34-24(35-23)37-11-17(12-37)38-13-27(14-38)6-7-27/h8,15-17H,4-7,9-14H2,1-3H3. The van der Waals surface area contributed by atoms with Crippen LogP contribution in [-0.4, -0.2) is 88.9 Å². The second-order valence-corrected chi connectivity index (χ2v) is 14.2. The number of halogens is 5. The Morgan fingerprint density at radius 2 is 1.61 bits per heavy atom. The molecule has 41 heavy (non-hydrogen) atoms. The Labute approximate surface area is 244 Å². The van der Waals surface area contributed by atoms with Crippen molar-refractivity contribution in [2.24, 2.45) is 5.41 Å². The number of hydrogen-bond donors (Lipinski definition) is 0. The summed E-state index contributed by atoms with van der Waals surface area (Å²) < 4.78 is 62.3. The van der Waals surface area contributed by atoms with Crippen LogP contribution in [0.4, 0.5) is 34.1 Å². The van der Waals surface area contributed by atoms with Crippen LogP contribution in [-0.2, 0) is 10.9 Å². The van der Waals surface area contributed by atoms with Gasteiger partial charge in [0.1, 0.15) is 16.9 Å². The molecule has 0 radical (unpaired) electrons. The van der Waals surface area contributed by atoms with E-state index in [1.54, 1.807) is 4.90 Å². The van der Waals surface area contributed by atoms with Crippen LogP contribution in [0.15, 0.2) is 10.5 Å². The number of piperazine rings is 1. The molecule has 7 rings (SSSR count). The van der Waals surface area contributed by atoms with E-state index in [-0.39, 0.29) is 28.8 Å². The maximum Gasteiger partial charge on any atom is 0.417 e. The molecule has 1 amide bonds. The molecule has 2 unspecified atom stereocenters. The summed E-state index contributed by atoms with van der Waals surface area (Å²) in [4.78, 5) is 30.3. The summed E-state index contributed by atoms with van der Waals surface area (Å²) in [7, 11) is 0. The first-order chi connectivity index (χ1) is 19.2. The molecule has 2 bridgehead atoms. The molecule has 5 fully saturated rings. The molecule has 13 heteroatoms. The fraction of sp³-hybridized carbons (Fsp3) is 0.679. The van der Waals surface area contributed by atoms with Crippen LogP contribution in [0.25, 0.3) is 10.9 Å². The summed E-state index contributed by atoms with van der Waals surface area (Å²) in [6, 6.07) is 0.946. The number of carbonyl (C=O) groups excluding carboxylic acids is 1. The van der Waals surface area contributed by atoms with Gasteiger partial charge in [-0.3, -0.25) is 9.80 Å². The molecule has 2 aromatic rings. The van der Waals surface area contributed by atoms with Crippen LogP contribution in [0.1, 0.15) is 52.0 Å². The molecular formula is C28H33BrF4N6O2. The van der Waals surface area contributed by atoms with Gasteiger partial charge in [-0.15, -0.1) is 0 Å². The van der Waals surface area contributed by atoms with Crippen LogP contribution in [0.5, 0.6) is 0 Å². The lowest BCUT2D eigenvalue weighted by atomic mass is 9.92. The first kappa shape index (κ1) is 27.4. The Bertz CT molecular complexity index is 1400. The zero-order chi connectivity index (χ0) is 29.1. The van der Waals surface area contributed by atoms with Crippen molar-refractivity contribution >= 4 is 44.7 Å². The number of nitrogens with zero attached hydrogens (tertiary/aromatic N) is 6. The third kappa shape index (κ3) is 4.71. The minimum absolute atomic E-state index is 0.0161. The maximum atomic E-state index is 15.6. The minimum atomic E-state index is -4.76. The summed E-state index contributed by atoms with van der Waals surface area (Å²) >= 11 is 2.84. The summed E-state index contributed by atoms with van der Waals surface area (Å²) in [6.07, 6.45) is -1.07. The number of hydrogen-bond acceptors (Lipinski definition) is 7. The molecule has 1 aromatic carbocycles. The Kier molecular flexibility index (Phi) is 6.05. The van der Waals surface area contributed by atoms with E-state index >= 15 is 4.39 Å². The molecule has 4 aliphatic heterocycles. The average Bonchev–Trinajstić information content (AvgIpc) is 3.57. The third-order valence-corrected chi connectivity index (χ3v) is 10.0. The van der Waals surface area contributed by atoms with E-state index < -0.39 is 33.7 Å². The van der Waals surface area contributed by atoms with Crippen molar-refractivity contribution in [3.05, 3.63) is 21.9 Å². The lowest BCUT2D eigenvalue weighted by molar-refractivity contribution is -0.138. The van der Waals surface area contributed by atoms with E-state index in [4.69, 9.17) is 9.72 Å². The largest absolute Gasteiger partial charge is 0.444 e. The topological polar surface area (TPSA) is 65.0 Å². The van der Waals surface area contributed by atoms with Gasteiger partial charge >= 0.3 is 12.3 Å². The number of rotatable bonds is 3. The van der Waals surface area contributed by atoms with E-state index in [2.05, 4.69) is 25.8 Å². The molecule has 4 saturated heterocycles. The van der Waals surface area contributed by atoms with Crippen molar-refractivity contribution in [3.8, 4) is 0 Å². The van der Waals surface area contributed by atoms with Crippen molar-refractivity contribution in [1.82, 2.24) is 19.8 Å². The maximum absolute atomic E-state index is 15.6. The summed E-state index contributed by atoms with van der Waals surface area (Å²) in [5.41, 5.74) is -1.35. The molecule has 1 aromatic heterocycles. The lowest BCUT2D eigenvalue weighted by Gasteiger charge is -2.52. The van der Waals surface area contributed by atoms with E-state index in [1.807, 2.05) is 30.6 Å². The number of carbonyl (C=O) groups is 1. The number of likely N-dealkylation sites (tertiary alicyclic amines) is 1. The number of amides is 1. The van der Waals surface area contributed by atoms with Gasteiger partial charge in [-0.25, -0.2) is 14.2 Å². The van der Waals surface area contributed by atoms with E-state index in [0.29, 0.717) is 43.6 Å². The Morgan fingerprint density at radius 3 is 2.17 bits per heavy atom. The van der Waals surface area contributed by atoms with Crippen LogP contribution in [0.3, 0.4) is 0 Å². The zero-order valence-corrected chi connectivity index (χ0v) is 24.9. The molecule has 1 aliphatic carbocycles. The highest BCUT2D eigenvalue weighted by Crippen LogP contribution is 2.54. The lowest BCUT2D eigenvalue weighted by Crippen LogP contribution is -2.66. The quantitative estimate of drug-likeness (QED) is 0.415. The summed E-state index contributed by atoms with van der Waals surface area (Å²) in [5.74, 6) is -0.463. The van der Waals surface area contributed by atoms with Crippen molar-refractivity contribution < 1.29 is 27.1 Å². The van der Waals surface area contributed by atoms with Gasteiger partial charge in [0.2, 0.25) is 5.95 Å². The molecular weight excluding hydrogens is 608 g/mol. The average molecular weight is 642 g/mol. The third-order valence-electron chi connectivity index (χ3n) is 9.23. The highest BCUT2D eigenvalue weighted by Gasteiger charge is 2.55. The highest BCUT2D eigenvalue weighted by molar-refractivity contribution is 9.10. The van der Waals surface area contributed by atoms with Gasteiger partial charge in [-0.05, 0) is 73.9 Å². The van der Waals surface area contributed by atoms with Crippen molar-refractivity contribution in [3.63, 3.8) is 0 Å². The van der Waals surface area contributed by atoms with Gasteiger partial charge in [0.15, 0.2) is 5.82 Å². The van der Waals surface area contributed by atoms with Gasteiger partial charge in [0.25, 0.3) is 0 Å². The van der Waals surface area contributed by atoms with Gasteiger partial charge in [-0.1, -0.05) is 0 Å². The molecule has 5 aliphatic rings. The van der Waals surface area contributed by atoms with Crippen LogP contribution >= 0.6 is 15.9 Å². The number of anilines is 2. The predicted molar refractivity (Wildman–Crippen MR) is 149 cm³/mol. The monoisotopic (exact) mass is 640 g/mol. The highest BCUT2D eigenvalue weighted by atomic mass is 79.9. The Balaban J connectivity index is 1.22. The number of aromatic nitrogens is 2. The molecule has 1 spiro atoms. The Hall–Kier alpha value is -2.41. The van der Waals surface area contributed by atoms with E-state index in [0.717, 1.165) is 32.0 Å². The van der Waals surface area contributed by atoms with Gasteiger partial charge < -0.3 is 14.5 Å². The summed E-state index contributed by atoms with van der Waals surface area (Å²) in [5, 5.41) is 0.0161. The second kappa shape index (κ2) is 9.05. The van der Waals surface area contributed by atoms with Gasteiger partial charge in [0.05, 0.1) is 22.1 Å². The van der Waals surface area contributed by atoms with Gasteiger partial charge in [-0.2, -0.15) is 18.2 Å². The predicted octanol–water partition coefficient (Wildman–Crippen LogP) is 5.42. The number of benzene rings is 1. The zero-order valence-electron chi connectivity index (χ0n) is 23.3. The van der Waals surface area contributed by atoms with Gasteiger partial charge in [0, 0.05) is 50.7 Å². The van der Waals surface area contributed by atoms with Crippen molar-refractivity contribution in [2.45, 2.75) is 76.4 Å². The first-order valence-corrected chi connectivity index (χ1v) is 15.0. The normalized spacial score (nSPS) is 26.0. The molecule has 0 N–H and O–H groups in total. The second-order valence-electron chi connectivity index (χ2n) is 13.4. The van der Waals surface area contributed by atoms with Crippen LogP contribution in [0, 0.1) is 11.2 Å². The van der Waals surface area contributed by atoms with Crippen molar-refractivity contribution in [1.29, 1.82) is 0 Å². The summed E-state index contributed by atoms with van der Waals surface area (Å²) in [6.45, 7) is 9.78. The minimum Gasteiger partial charge on any atom is -0.444 e. The Morgan fingerprint density at radius 1 is 1.00 bits per heavy atom. The van der Waals surface area contributed by atoms with Crippen LogP contribution in [0.2, 0.25) is 0 Å².